The fourth-order valence-electron chi connectivity index (χ4n) is 1.31. The van der Waals surface area contributed by atoms with E-state index in [9.17, 15) is 13.2 Å². The number of nitrogens with zero attached hydrogens (tertiary/aromatic N) is 2. The van der Waals surface area contributed by atoms with Crippen LogP contribution in [-0.2, 0) is 0 Å². The van der Waals surface area contributed by atoms with Crippen LogP contribution >= 0.6 is 12.2 Å². The minimum atomic E-state index is -4.27. The number of hydrogen-bond donors (Lipinski definition) is 1. The Balaban J connectivity index is 2.96. The second-order valence-electron chi connectivity index (χ2n) is 3.37. The third kappa shape index (κ3) is 4.18. The Hall–Kier alpha value is -1.37. The molecule has 94 valence electrons. The number of thiocarbonyl (C=S) groups is 1. The quantitative estimate of drug-likeness (QED) is 0.845. The molecule has 0 atom stereocenters. The topological polar surface area (TPSA) is 42.1 Å². The zero-order valence-corrected chi connectivity index (χ0v) is 9.98. The first kappa shape index (κ1) is 13.7. The van der Waals surface area contributed by atoms with Crippen molar-refractivity contribution in [2.45, 2.75) is 13.1 Å². The van der Waals surface area contributed by atoms with E-state index in [4.69, 9.17) is 18.0 Å². The van der Waals surface area contributed by atoms with Crippen molar-refractivity contribution < 1.29 is 13.2 Å². The third-order valence-electron chi connectivity index (χ3n) is 2.06. The summed E-state index contributed by atoms with van der Waals surface area (Å²) in [5.74, 6) is 0.218. The Morgan fingerprint density at radius 3 is 2.59 bits per heavy atom. The highest BCUT2D eigenvalue weighted by Crippen LogP contribution is 2.20. The fraction of sp³-hybridized carbons (Fsp3) is 0.400. The molecule has 3 nitrogen and oxygen atoms in total. The summed E-state index contributed by atoms with van der Waals surface area (Å²) in [6.07, 6.45) is -4.27. The van der Waals surface area contributed by atoms with Crippen LogP contribution in [0.1, 0.15) is 12.6 Å². The van der Waals surface area contributed by atoms with Gasteiger partial charge in [-0.1, -0.05) is 18.3 Å². The van der Waals surface area contributed by atoms with Crippen LogP contribution in [-0.4, -0.2) is 29.2 Å². The van der Waals surface area contributed by atoms with Crippen LogP contribution in [0.4, 0.5) is 19.0 Å². The molecule has 0 amide bonds. The van der Waals surface area contributed by atoms with Gasteiger partial charge in [-0.3, -0.25) is 0 Å². The normalized spacial score (nSPS) is 11.3. The lowest BCUT2D eigenvalue weighted by atomic mass is 10.3. The van der Waals surface area contributed by atoms with Crippen LogP contribution in [0.25, 0.3) is 0 Å². The predicted molar refractivity (Wildman–Crippen MR) is 64.1 cm³/mol. The lowest BCUT2D eigenvalue weighted by Crippen LogP contribution is -2.34. The number of halogens is 3. The van der Waals surface area contributed by atoms with Gasteiger partial charge in [0.2, 0.25) is 0 Å². The van der Waals surface area contributed by atoms with Crippen molar-refractivity contribution in [3.8, 4) is 0 Å². The summed E-state index contributed by atoms with van der Waals surface area (Å²) in [5.41, 5.74) is 5.70. The van der Waals surface area contributed by atoms with Gasteiger partial charge in [0.1, 0.15) is 17.4 Å². The number of hydrogen-bond acceptors (Lipinski definition) is 3. The van der Waals surface area contributed by atoms with E-state index < -0.39 is 12.7 Å². The van der Waals surface area contributed by atoms with E-state index in [-0.39, 0.29) is 17.4 Å². The smallest absolute Gasteiger partial charge is 0.388 e. The first-order valence-corrected chi connectivity index (χ1v) is 5.33. The number of pyridine rings is 1. The van der Waals surface area contributed by atoms with Crippen LogP contribution in [0.2, 0.25) is 0 Å². The molecule has 0 saturated heterocycles. The summed E-state index contributed by atoms with van der Waals surface area (Å²) in [7, 11) is 0. The van der Waals surface area contributed by atoms with E-state index in [1.165, 1.54) is 6.07 Å². The van der Waals surface area contributed by atoms with Crippen molar-refractivity contribution >= 4 is 23.0 Å². The second-order valence-corrected chi connectivity index (χ2v) is 3.81. The van der Waals surface area contributed by atoms with E-state index in [2.05, 4.69) is 4.98 Å². The van der Waals surface area contributed by atoms with Gasteiger partial charge in [0.25, 0.3) is 0 Å². The number of aromatic nitrogens is 1. The maximum atomic E-state index is 12.3. The molecular formula is C10H12F3N3S. The van der Waals surface area contributed by atoms with Crippen LogP contribution in [0.15, 0.2) is 18.2 Å². The Bertz CT molecular complexity index is 406. The average molecular weight is 263 g/mol. The maximum Gasteiger partial charge on any atom is 0.405 e. The largest absolute Gasteiger partial charge is 0.405 e. The Morgan fingerprint density at radius 1 is 1.47 bits per heavy atom. The highest BCUT2D eigenvalue weighted by atomic mass is 32.1. The molecule has 1 rings (SSSR count). The molecule has 0 unspecified atom stereocenters. The van der Waals surface area contributed by atoms with Crippen LogP contribution in [0.3, 0.4) is 0 Å². The minimum Gasteiger partial charge on any atom is -0.388 e. The molecule has 0 spiro atoms. The van der Waals surface area contributed by atoms with Gasteiger partial charge < -0.3 is 10.6 Å². The summed E-state index contributed by atoms with van der Waals surface area (Å²) >= 11 is 4.73. The molecule has 7 heteroatoms. The number of alkyl halides is 3. The van der Waals surface area contributed by atoms with Crippen molar-refractivity contribution in [3.05, 3.63) is 23.9 Å². The molecule has 0 saturated carbocycles. The van der Waals surface area contributed by atoms with E-state index in [0.29, 0.717) is 5.69 Å². The molecule has 1 aromatic heterocycles. The molecular weight excluding hydrogens is 251 g/mol. The average Bonchev–Trinajstić information content (AvgIpc) is 2.25. The maximum absolute atomic E-state index is 12.3. The molecule has 0 aromatic carbocycles. The summed E-state index contributed by atoms with van der Waals surface area (Å²) < 4.78 is 37.0. The van der Waals surface area contributed by atoms with Gasteiger partial charge in [-0.15, -0.1) is 0 Å². The van der Waals surface area contributed by atoms with Crippen LogP contribution in [0, 0.1) is 0 Å². The second kappa shape index (κ2) is 5.31. The summed E-state index contributed by atoms with van der Waals surface area (Å²) in [6.45, 7) is 0.783. The Kier molecular flexibility index (Phi) is 4.28. The van der Waals surface area contributed by atoms with Gasteiger partial charge in [0, 0.05) is 6.54 Å². The third-order valence-corrected chi connectivity index (χ3v) is 2.27. The fourth-order valence-corrected chi connectivity index (χ4v) is 1.42. The highest BCUT2D eigenvalue weighted by Gasteiger charge is 2.30. The van der Waals surface area contributed by atoms with E-state index in [0.717, 1.165) is 4.90 Å². The molecule has 0 fully saturated rings. The lowest BCUT2D eigenvalue weighted by molar-refractivity contribution is -0.119. The van der Waals surface area contributed by atoms with E-state index in [1.807, 2.05) is 0 Å². The van der Waals surface area contributed by atoms with Gasteiger partial charge in [-0.2, -0.15) is 13.2 Å². The number of nitrogens with two attached hydrogens (primary N) is 1. The minimum absolute atomic E-state index is 0.0647. The molecule has 0 radical (unpaired) electrons. The van der Waals surface area contributed by atoms with Crippen molar-refractivity contribution in [3.63, 3.8) is 0 Å². The number of rotatable bonds is 4. The van der Waals surface area contributed by atoms with Crippen molar-refractivity contribution in [1.82, 2.24) is 4.98 Å². The van der Waals surface area contributed by atoms with Crippen molar-refractivity contribution in [2.75, 3.05) is 18.0 Å². The van der Waals surface area contributed by atoms with Crippen molar-refractivity contribution in [2.24, 2.45) is 5.73 Å². The molecule has 1 heterocycles. The van der Waals surface area contributed by atoms with E-state index in [1.54, 1.807) is 19.1 Å². The Labute approximate surface area is 102 Å². The Morgan fingerprint density at radius 2 is 2.12 bits per heavy atom. The van der Waals surface area contributed by atoms with Gasteiger partial charge in [-0.25, -0.2) is 4.98 Å². The van der Waals surface area contributed by atoms with Gasteiger partial charge in [0.05, 0.1) is 5.69 Å². The first-order chi connectivity index (χ1) is 7.83. The first-order valence-electron chi connectivity index (χ1n) is 4.92. The van der Waals surface area contributed by atoms with Gasteiger partial charge in [-0.05, 0) is 19.1 Å². The van der Waals surface area contributed by atoms with Crippen LogP contribution < -0.4 is 10.6 Å². The predicted octanol–water partition coefficient (Wildman–Crippen LogP) is 2.10. The van der Waals surface area contributed by atoms with E-state index >= 15 is 0 Å². The molecule has 2 N–H and O–H groups in total. The molecule has 1 aromatic rings. The molecule has 0 aliphatic carbocycles. The molecule has 0 aliphatic heterocycles. The van der Waals surface area contributed by atoms with Crippen molar-refractivity contribution in [1.29, 1.82) is 0 Å². The van der Waals surface area contributed by atoms with Gasteiger partial charge in [0.15, 0.2) is 0 Å². The zero-order chi connectivity index (χ0) is 13.1. The molecule has 0 bridgehead atoms. The molecule has 17 heavy (non-hydrogen) atoms. The summed E-state index contributed by atoms with van der Waals surface area (Å²) in [5, 5.41) is 0. The summed E-state index contributed by atoms with van der Waals surface area (Å²) in [6, 6.07) is 4.64. The lowest BCUT2D eigenvalue weighted by Gasteiger charge is -2.23. The number of anilines is 1. The van der Waals surface area contributed by atoms with Gasteiger partial charge >= 0.3 is 6.18 Å². The monoisotopic (exact) mass is 263 g/mol. The highest BCUT2D eigenvalue weighted by molar-refractivity contribution is 7.80. The SMILES string of the molecule is CCN(CC(F)(F)F)c1cccc(C(N)=S)n1. The molecule has 0 aliphatic rings. The van der Waals surface area contributed by atoms with Crippen LogP contribution in [0.5, 0.6) is 0 Å². The zero-order valence-electron chi connectivity index (χ0n) is 9.16. The standard InChI is InChI=1S/C10H12F3N3S/c1-2-16(6-10(11,12)13)8-5-3-4-7(15-8)9(14)17/h3-5H,2,6H2,1H3,(H2,14,17). The summed E-state index contributed by atoms with van der Waals surface area (Å²) in [4.78, 5) is 5.16.